The van der Waals surface area contributed by atoms with E-state index < -0.39 is 0 Å². The van der Waals surface area contributed by atoms with E-state index in [1.54, 1.807) is 18.2 Å². The monoisotopic (exact) mass is 868 g/mol. The lowest BCUT2D eigenvalue weighted by Crippen LogP contribution is -2.30. The second-order valence-corrected chi connectivity index (χ2v) is 16.4. The molecule has 0 aromatic heterocycles. The van der Waals surface area contributed by atoms with Crippen LogP contribution < -0.4 is 18.9 Å². The summed E-state index contributed by atoms with van der Waals surface area (Å²) in [5, 5.41) is 25.6. The summed E-state index contributed by atoms with van der Waals surface area (Å²) >= 11 is 0. The van der Waals surface area contributed by atoms with E-state index in [2.05, 4.69) is 55.7 Å². The minimum atomic E-state index is -0.0925. The van der Waals surface area contributed by atoms with Crippen LogP contribution in [0.15, 0.2) is 97.1 Å². The zero-order chi connectivity index (χ0) is 45.6. The van der Waals surface area contributed by atoms with Crippen molar-refractivity contribution in [2.45, 2.75) is 67.2 Å². The number of aromatic hydroxyl groups is 2. The molecule has 64 heavy (non-hydrogen) atoms. The van der Waals surface area contributed by atoms with E-state index in [0.717, 1.165) is 107 Å². The molecule has 10 nitrogen and oxygen atoms in total. The number of nitrogens with zero attached hydrogens (tertiary/aromatic N) is 2. The van der Waals surface area contributed by atoms with Gasteiger partial charge < -0.3 is 34.1 Å². The van der Waals surface area contributed by atoms with Crippen molar-refractivity contribution in [3.05, 3.63) is 119 Å². The van der Waals surface area contributed by atoms with Gasteiger partial charge in [-0.3, -0.25) is 14.5 Å². The Labute approximate surface area is 378 Å². The maximum Gasteiger partial charge on any atom is 0.167 e. The molecule has 0 unspecified atom stereocenters. The molecule has 0 fully saturated rings. The Morgan fingerprint density at radius 1 is 0.531 bits per heavy atom. The predicted molar refractivity (Wildman–Crippen MR) is 257 cm³/mol. The largest absolute Gasteiger partial charge is 0.508 e. The van der Waals surface area contributed by atoms with Crippen LogP contribution in [0.5, 0.6) is 34.5 Å². The van der Waals surface area contributed by atoms with E-state index in [9.17, 15) is 19.8 Å². The smallest absolute Gasteiger partial charge is 0.167 e. The third kappa shape index (κ3) is 12.3. The molecule has 0 aliphatic heterocycles. The summed E-state index contributed by atoms with van der Waals surface area (Å²) in [4.78, 5) is 29.0. The summed E-state index contributed by atoms with van der Waals surface area (Å²) in [7, 11) is 0. The first kappa shape index (κ1) is 47.4. The Balaban J connectivity index is 1.45. The van der Waals surface area contributed by atoms with E-state index in [1.807, 2.05) is 60.7 Å². The van der Waals surface area contributed by atoms with E-state index in [4.69, 9.17) is 18.9 Å². The third-order valence-corrected chi connectivity index (χ3v) is 11.5. The van der Waals surface area contributed by atoms with Gasteiger partial charge in [0, 0.05) is 48.2 Å². The minimum Gasteiger partial charge on any atom is -0.508 e. The molecule has 338 valence electrons. The van der Waals surface area contributed by atoms with Crippen molar-refractivity contribution < 1.29 is 38.7 Å². The van der Waals surface area contributed by atoms with Crippen LogP contribution in [0.1, 0.15) is 76.6 Å². The average molecular weight is 869 g/mol. The molecular weight excluding hydrogens is 805 g/mol. The molecule has 0 aliphatic carbocycles. The zero-order valence-corrected chi connectivity index (χ0v) is 38.4. The SMILES string of the molecule is CCCN(CCC)CCOc1ccc(Cc2c(OCC(C)=O)ccc3cc(O)ccc23)cc1-c1c(O)ccc2c(Cc3ccc(OCCN(CC)CC)cc3)c(OCC(C)=O)ccc12. The number of carbonyl (C=O) groups is 2. The fourth-order valence-corrected chi connectivity index (χ4v) is 8.28. The number of benzene rings is 6. The zero-order valence-electron chi connectivity index (χ0n) is 38.4. The van der Waals surface area contributed by atoms with Crippen molar-refractivity contribution in [1.29, 1.82) is 0 Å². The second-order valence-electron chi connectivity index (χ2n) is 16.4. The summed E-state index contributed by atoms with van der Waals surface area (Å²) in [6, 6.07) is 30.6. The predicted octanol–water partition coefficient (Wildman–Crippen LogP) is 10.4. The summed E-state index contributed by atoms with van der Waals surface area (Å²) in [6.45, 7) is 18.1. The lowest BCUT2D eigenvalue weighted by molar-refractivity contribution is -0.119. The highest BCUT2D eigenvalue weighted by molar-refractivity contribution is 6.03. The van der Waals surface area contributed by atoms with Gasteiger partial charge in [-0.15, -0.1) is 0 Å². The third-order valence-electron chi connectivity index (χ3n) is 11.5. The van der Waals surface area contributed by atoms with Crippen LogP contribution in [0.4, 0.5) is 0 Å². The van der Waals surface area contributed by atoms with Crippen molar-refractivity contribution in [3.63, 3.8) is 0 Å². The Hall–Kier alpha value is -6.10. The van der Waals surface area contributed by atoms with Crippen LogP contribution >= 0.6 is 0 Å². The van der Waals surface area contributed by atoms with Crippen molar-refractivity contribution in [1.82, 2.24) is 9.80 Å². The summed E-state index contributed by atoms with van der Waals surface area (Å²) in [5.41, 5.74) is 5.04. The number of phenolic OH excluding ortho intramolecular Hbond substituents is 2. The number of rotatable bonds is 25. The summed E-state index contributed by atoms with van der Waals surface area (Å²) in [6.07, 6.45) is 3.02. The van der Waals surface area contributed by atoms with Gasteiger partial charge >= 0.3 is 0 Å². The summed E-state index contributed by atoms with van der Waals surface area (Å²) in [5.74, 6) is 2.67. The molecule has 0 amide bonds. The van der Waals surface area contributed by atoms with E-state index in [0.29, 0.717) is 48.9 Å². The number of hydrogen-bond donors (Lipinski definition) is 2. The van der Waals surface area contributed by atoms with Gasteiger partial charge in [0.15, 0.2) is 11.6 Å². The number of ether oxygens (including phenoxy) is 4. The highest BCUT2D eigenvalue weighted by Gasteiger charge is 2.21. The lowest BCUT2D eigenvalue weighted by Gasteiger charge is -2.22. The number of phenols is 2. The maximum absolute atomic E-state index is 12.2. The van der Waals surface area contributed by atoms with Gasteiger partial charge in [0.25, 0.3) is 0 Å². The fraction of sp³-hybridized carbons (Fsp3) is 0.370. The van der Waals surface area contributed by atoms with Crippen molar-refractivity contribution in [3.8, 4) is 45.6 Å². The molecular formula is C54H64N2O8. The first-order valence-electron chi connectivity index (χ1n) is 22.7. The Morgan fingerprint density at radius 2 is 1.09 bits per heavy atom. The lowest BCUT2D eigenvalue weighted by atomic mass is 9.90. The van der Waals surface area contributed by atoms with Gasteiger partial charge in [-0.2, -0.15) is 0 Å². The van der Waals surface area contributed by atoms with Crippen LogP contribution in [-0.2, 0) is 22.4 Å². The fourth-order valence-electron chi connectivity index (χ4n) is 8.28. The van der Waals surface area contributed by atoms with Crippen LogP contribution in [0.2, 0.25) is 0 Å². The van der Waals surface area contributed by atoms with Crippen LogP contribution in [0.3, 0.4) is 0 Å². The number of Topliss-reactive ketones (excluding diaryl/α,β-unsaturated/α-hetero) is 2. The first-order chi connectivity index (χ1) is 31.0. The normalized spacial score (nSPS) is 11.4. The number of hydrogen-bond acceptors (Lipinski definition) is 10. The van der Waals surface area contributed by atoms with E-state index in [-0.39, 0.29) is 36.3 Å². The number of fused-ring (bicyclic) bond motifs is 2. The molecule has 0 radical (unpaired) electrons. The van der Waals surface area contributed by atoms with Gasteiger partial charge in [-0.25, -0.2) is 0 Å². The quantitative estimate of drug-likeness (QED) is 0.0576. The average Bonchev–Trinajstić information content (AvgIpc) is 3.28. The topological polar surface area (TPSA) is 118 Å². The number of ketones is 2. The van der Waals surface area contributed by atoms with Crippen LogP contribution in [0, 0.1) is 0 Å². The highest BCUT2D eigenvalue weighted by atomic mass is 16.5. The van der Waals surface area contributed by atoms with Gasteiger partial charge in [-0.05, 0) is 146 Å². The molecule has 2 N–H and O–H groups in total. The van der Waals surface area contributed by atoms with Gasteiger partial charge in [-0.1, -0.05) is 64.1 Å². The number of likely N-dealkylation sites (N-methyl/N-ethyl adjacent to an activating group) is 1. The molecule has 6 rings (SSSR count). The molecule has 0 heterocycles. The van der Waals surface area contributed by atoms with E-state index in [1.165, 1.54) is 13.8 Å². The summed E-state index contributed by atoms with van der Waals surface area (Å²) < 4.78 is 25.0. The van der Waals surface area contributed by atoms with Crippen molar-refractivity contribution >= 4 is 33.1 Å². The maximum atomic E-state index is 12.2. The van der Waals surface area contributed by atoms with Gasteiger partial charge in [0.05, 0.1) is 0 Å². The molecule has 0 saturated carbocycles. The molecule has 0 atom stereocenters. The van der Waals surface area contributed by atoms with Gasteiger partial charge in [0.1, 0.15) is 60.9 Å². The Morgan fingerprint density at radius 3 is 1.75 bits per heavy atom. The van der Waals surface area contributed by atoms with E-state index >= 15 is 0 Å². The minimum absolute atomic E-state index is 0.0677. The molecule has 0 spiro atoms. The molecule has 10 heteroatoms. The van der Waals surface area contributed by atoms with Crippen molar-refractivity contribution in [2.75, 3.05) is 65.7 Å². The van der Waals surface area contributed by atoms with Crippen molar-refractivity contribution in [2.24, 2.45) is 0 Å². The molecule has 6 aromatic rings. The molecule has 0 saturated heterocycles. The molecule has 0 bridgehead atoms. The molecule has 6 aromatic carbocycles. The second kappa shape index (κ2) is 23.0. The van der Waals surface area contributed by atoms with Gasteiger partial charge in [0.2, 0.25) is 0 Å². The van der Waals surface area contributed by atoms with Crippen LogP contribution in [0.25, 0.3) is 32.7 Å². The Kier molecular flexibility index (Phi) is 17.0. The Bertz CT molecular complexity index is 2510. The highest BCUT2D eigenvalue weighted by Crippen LogP contribution is 2.45. The molecule has 0 aliphatic rings. The number of carbonyl (C=O) groups excluding carboxylic acids is 2. The van der Waals surface area contributed by atoms with Crippen LogP contribution in [-0.4, -0.2) is 97.3 Å². The first-order valence-corrected chi connectivity index (χ1v) is 22.7. The standard InChI is InChI=1S/C54H64N2O8/c1-7-25-56(26-8-2)28-30-62-53-22-13-40(32-47-44-18-15-42(59)34-41(44)14-23-51(47)63-35-37(5)57)33-49(53)54-46-20-24-52(64-36-38(6)58)48(45(46)19-21-50(54)60)31-39-11-16-43(17-12-39)61-29-27-55(9-3)10-4/h11-24,33-34,59-60H,7-10,25-32,35-36H2,1-6H3.